The highest BCUT2D eigenvalue weighted by atomic mass is 35.5. The first-order chi connectivity index (χ1) is 6.20. The summed E-state index contributed by atoms with van der Waals surface area (Å²) in [5.41, 5.74) is 0.969. The second kappa shape index (κ2) is 3.17. The monoisotopic (exact) mass is 212 g/mol. The van der Waals surface area contributed by atoms with E-state index in [-0.39, 0.29) is 0 Å². The number of aromatic nitrogens is 1. The highest BCUT2D eigenvalue weighted by Gasteiger charge is 2.10. The van der Waals surface area contributed by atoms with E-state index < -0.39 is 0 Å². The van der Waals surface area contributed by atoms with Crippen molar-refractivity contribution >= 4 is 34.1 Å². The third kappa shape index (κ3) is 1.38. The maximum atomic E-state index is 6.05. The Hall–Kier alpha value is -0.790. The van der Waals surface area contributed by atoms with E-state index in [9.17, 15) is 0 Å². The van der Waals surface area contributed by atoms with Crippen LogP contribution >= 0.6 is 23.2 Å². The van der Waals surface area contributed by atoms with E-state index in [1.165, 1.54) is 0 Å². The number of pyridine rings is 1. The van der Waals surface area contributed by atoms with Crippen molar-refractivity contribution in [1.82, 2.24) is 0 Å². The third-order valence-corrected chi connectivity index (χ3v) is 2.67. The molecule has 0 amide bonds. The lowest BCUT2D eigenvalue weighted by molar-refractivity contribution is -0.644. The van der Waals surface area contributed by atoms with Gasteiger partial charge in [0, 0.05) is 6.07 Å². The highest BCUT2D eigenvalue weighted by molar-refractivity contribution is 6.39. The Morgan fingerprint density at radius 2 is 1.77 bits per heavy atom. The zero-order valence-electron chi connectivity index (χ0n) is 7.09. The van der Waals surface area contributed by atoms with Gasteiger partial charge in [0.15, 0.2) is 6.20 Å². The van der Waals surface area contributed by atoms with E-state index in [1.807, 2.05) is 42.1 Å². The molecule has 1 heterocycles. The first-order valence-electron chi connectivity index (χ1n) is 3.92. The molecule has 0 atom stereocenters. The van der Waals surface area contributed by atoms with E-state index in [2.05, 4.69) is 0 Å². The number of fused-ring (bicyclic) bond motifs is 1. The zero-order chi connectivity index (χ0) is 9.42. The summed E-state index contributed by atoms with van der Waals surface area (Å²) in [6.07, 6.45) is 1.95. The molecule has 0 spiro atoms. The lowest BCUT2D eigenvalue weighted by Gasteiger charge is -1.99. The van der Waals surface area contributed by atoms with Crippen LogP contribution in [0.3, 0.4) is 0 Å². The van der Waals surface area contributed by atoms with Crippen LogP contribution in [-0.4, -0.2) is 0 Å². The number of hydrogen-bond donors (Lipinski definition) is 0. The molecule has 0 radical (unpaired) electrons. The van der Waals surface area contributed by atoms with Gasteiger partial charge in [0.05, 0.1) is 10.4 Å². The maximum Gasteiger partial charge on any atom is 0.232 e. The first-order valence-corrected chi connectivity index (χ1v) is 4.68. The summed E-state index contributed by atoms with van der Waals surface area (Å²) in [7, 11) is 1.95. The minimum absolute atomic E-state index is 0.725. The van der Waals surface area contributed by atoms with Crippen molar-refractivity contribution in [2.75, 3.05) is 0 Å². The van der Waals surface area contributed by atoms with Crippen LogP contribution in [0.5, 0.6) is 0 Å². The second-order valence-electron chi connectivity index (χ2n) is 2.91. The van der Waals surface area contributed by atoms with Gasteiger partial charge >= 0.3 is 0 Å². The summed E-state index contributed by atoms with van der Waals surface area (Å²) >= 11 is 12.1. The SMILES string of the molecule is C[n+]1cccc2c(Cl)ccc(Cl)c21. The fourth-order valence-electron chi connectivity index (χ4n) is 1.42. The first kappa shape index (κ1) is 8.79. The van der Waals surface area contributed by atoms with Crippen LogP contribution in [0.2, 0.25) is 10.0 Å². The third-order valence-electron chi connectivity index (χ3n) is 2.04. The number of hydrogen-bond acceptors (Lipinski definition) is 0. The van der Waals surface area contributed by atoms with Crippen molar-refractivity contribution in [1.29, 1.82) is 0 Å². The van der Waals surface area contributed by atoms with Crippen molar-refractivity contribution in [2.45, 2.75) is 0 Å². The van der Waals surface area contributed by atoms with Crippen LogP contribution in [0, 0.1) is 0 Å². The van der Waals surface area contributed by atoms with E-state index in [0.29, 0.717) is 0 Å². The molecule has 0 saturated carbocycles. The number of aryl methyl sites for hydroxylation is 1. The van der Waals surface area contributed by atoms with Gasteiger partial charge in [-0.15, -0.1) is 0 Å². The molecular weight excluding hydrogens is 205 g/mol. The molecule has 0 bridgehead atoms. The summed E-state index contributed by atoms with van der Waals surface area (Å²) in [5, 5.41) is 2.44. The number of nitrogens with zero attached hydrogens (tertiary/aromatic N) is 1. The Balaban J connectivity index is 3.00. The fourth-order valence-corrected chi connectivity index (χ4v) is 1.93. The molecule has 1 aromatic carbocycles. The number of benzene rings is 1. The summed E-state index contributed by atoms with van der Waals surface area (Å²) < 4.78 is 1.96. The standard InChI is InChI=1S/C10H8Cl2N/c1-13-6-2-3-7-8(11)4-5-9(12)10(7)13/h2-6H,1H3/q+1. The van der Waals surface area contributed by atoms with Crippen molar-refractivity contribution in [2.24, 2.45) is 7.05 Å². The van der Waals surface area contributed by atoms with Gasteiger partial charge in [-0.2, -0.15) is 4.57 Å². The molecule has 2 aromatic rings. The van der Waals surface area contributed by atoms with Crippen LogP contribution in [0.1, 0.15) is 0 Å². The number of rotatable bonds is 0. The van der Waals surface area contributed by atoms with E-state index >= 15 is 0 Å². The molecule has 0 aliphatic rings. The molecule has 1 aromatic heterocycles. The predicted molar refractivity (Wildman–Crippen MR) is 55.1 cm³/mol. The Morgan fingerprint density at radius 1 is 1.08 bits per heavy atom. The average molecular weight is 213 g/mol. The molecule has 0 saturated heterocycles. The van der Waals surface area contributed by atoms with Crippen molar-refractivity contribution in [3.8, 4) is 0 Å². The number of halogens is 2. The van der Waals surface area contributed by atoms with Crippen LogP contribution in [-0.2, 0) is 7.05 Å². The Labute approximate surface area is 86.5 Å². The van der Waals surface area contributed by atoms with Gasteiger partial charge in [-0.3, -0.25) is 0 Å². The van der Waals surface area contributed by atoms with Crippen molar-refractivity contribution in [3.63, 3.8) is 0 Å². The summed E-state index contributed by atoms with van der Waals surface area (Å²) in [4.78, 5) is 0. The van der Waals surface area contributed by atoms with Gasteiger partial charge in [0.25, 0.3) is 0 Å². The van der Waals surface area contributed by atoms with E-state index in [1.54, 1.807) is 0 Å². The van der Waals surface area contributed by atoms with Gasteiger partial charge in [0.1, 0.15) is 12.1 Å². The molecular formula is C10H8Cl2N+. The predicted octanol–water partition coefficient (Wildman–Crippen LogP) is 2.97. The molecule has 0 unspecified atom stereocenters. The molecule has 0 aliphatic heterocycles. The van der Waals surface area contributed by atoms with Gasteiger partial charge in [0.2, 0.25) is 5.52 Å². The summed E-state index contributed by atoms with van der Waals surface area (Å²) in [6, 6.07) is 7.53. The fraction of sp³-hybridized carbons (Fsp3) is 0.100. The minimum atomic E-state index is 0.725. The minimum Gasteiger partial charge on any atom is -0.200 e. The normalized spacial score (nSPS) is 10.7. The largest absolute Gasteiger partial charge is 0.232 e. The second-order valence-corrected chi connectivity index (χ2v) is 3.72. The Morgan fingerprint density at radius 3 is 2.46 bits per heavy atom. The zero-order valence-corrected chi connectivity index (χ0v) is 8.60. The lowest BCUT2D eigenvalue weighted by atomic mass is 10.2. The molecule has 0 N–H and O–H groups in total. The van der Waals surface area contributed by atoms with Crippen LogP contribution in [0.25, 0.3) is 10.9 Å². The molecule has 66 valence electrons. The Kier molecular flexibility index (Phi) is 2.14. The average Bonchev–Trinajstić information content (AvgIpc) is 2.12. The highest BCUT2D eigenvalue weighted by Crippen LogP contribution is 2.26. The summed E-state index contributed by atoms with van der Waals surface area (Å²) in [6.45, 7) is 0. The van der Waals surface area contributed by atoms with Crippen LogP contribution < -0.4 is 4.57 Å². The molecule has 13 heavy (non-hydrogen) atoms. The molecule has 1 nitrogen and oxygen atoms in total. The van der Waals surface area contributed by atoms with Gasteiger partial charge in [-0.05, 0) is 18.2 Å². The van der Waals surface area contributed by atoms with E-state index in [0.717, 1.165) is 20.9 Å². The quantitative estimate of drug-likeness (QED) is 0.592. The van der Waals surface area contributed by atoms with E-state index in [4.69, 9.17) is 23.2 Å². The molecule has 0 aliphatic carbocycles. The van der Waals surface area contributed by atoms with Crippen LogP contribution in [0.4, 0.5) is 0 Å². The molecule has 0 fully saturated rings. The van der Waals surface area contributed by atoms with Crippen molar-refractivity contribution < 1.29 is 4.57 Å². The molecule has 2 rings (SSSR count). The maximum absolute atomic E-state index is 6.05. The van der Waals surface area contributed by atoms with Crippen LogP contribution in [0.15, 0.2) is 30.5 Å². The van der Waals surface area contributed by atoms with Gasteiger partial charge in [-0.25, -0.2) is 0 Å². The molecule has 3 heteroatoms. The smallest absolute Gasteiger partial charge is 0.200 e. The topological polar surface area (TPSA) is 3.88 Å². The Bertz CT molecular complexity index is 457. The summed E-state index contributed by atoms with van der Waals surface area (Å²) in [5.74, 6) is 0. The lowest BCUT2D eigenvalue weighted by Crippen LogP contribution is -2.28. The van der Waals surface area contributed by atoms with Gasteiger partial charge in [-0.1, -0.05) is 23.2 Å². The van der Waals surface area contributed by atoms with Gasteiger partial charge < -0.3 is 0 Å². The van der Waals surface area contributed by atoms with Crippen molar-refractivity contribution in [3.05, 3.63) is 40.5 Å².